The maximum absolute atomic E-state index is 5.64. The van der Waals surface area contributed by atoms with Crippen molar-refractivity contribution in [3.63, 3.8) is 0 Å². The summed E-state index contributed by atoms with van der Waals surface area (Å²) >= 11 is 0. The minimum Gasteiger partial charge on any atom is -0.444 e. The molecule has 1 aliphatic rings. The van der Waals surface area contributed by atoms with Crippen molar-refractivity contribution in [1.29, 1.82) is 0 Å². The zero-order chi connectivity index (χ0) is 14.5. The second-order valence-corrected chi connectivity index (χ2v) is 5.46. The van der Waals surface area contributed by atoms with Crippen LogP contribution in [0, 0.1) is 19.8 Å². The van der Waals surface area contributed by atoms with E-state index < -0.39 is 0 Å². The molecule has 2 rings (SSSR count). The molecule has 6 nitrogen and oxygen atoms in total. The number of oxazole rings is 1. The first-order valence-corrected chi connectivity index (χ1v) is 7.20. The summed E-state index contributed by atoms with van der Waals surface area (Å²) in [5.74, 6) is 2.95. The van der Waals surface area contributed by atoms with Crippen LogP contribution in [-0.4, -0.2) is 42.5 Å². The molecule has 0 bridgehead atoms. The number of nitrogens with zero attached hydrogens (tertiary/aromatic N) is 3. The molecule has 1 fully saturated rings. The average molecular weight is 279 g/mol. The van der Waals surface area contributed by atoms with Crippen LogP contribution in [0.15, 0.2) is 9.41 Å². The number of aromatic nitrogens is 1. The van der Waals surface area contributed by atoms with Crippen molar-refractivity contribution in [3.8, 4) is 0 Å². The Hall–Kier alpha value is -1.56. The summed E-state index contributed by atoms with van der Waals surface area (Å²) in [5.41, 5.74) is 6.64. The number of hydrogen-bond donors (Lipinski definition) is 2. The third-order valence-corrected chi connectivity index (χ3v) is 3.95. The van der Waals surface area contributed by atoms with Crippen LogP contribution >= 0.6 is 0 Å². The van der Waals surface area contributed by atoms with E-state index in [4.69, 9.17) is 10.2 Å². The zero-order valence-electron chi connectivity index (χ0n) is 12.6. The summed E-state index contributed by atoms with van der Waals surface area (Å²) in [6.45, 7) is 7.83. The molecule has 0 spiro atoms. The van der Waals surface area contributed by atoms with Crippen molar-refractivity contribution in [2.24, 2.45) is 16.6 Å². The molecule has 0 aliphatic carbocycles. The van der Waals surface area contributed by atoms with Gasteiger partial charge in [0.25, 0.3) is 0 Å². The lowest BCUT2D eigenvalue weighted by molar-refractivity contribution is 0.164. The van der Waals surface area contributed by atoms with E-state index in [0.717, 1.165) is 43.5 Å². The van der Waals surface area contributed by atoms with Gasteiger partial charge in [-0.05, 0) is 45.7 Å². The van der Waals surface area contributed by atoms with Crippen LogP contribution in [0.2, 0.25) is 0 Å². The molecule has 0 atom stereocenters. The molecule has 20 heavy (non-hydrogen) atoms. The van der Waals surface area contributed by atoms with Gasteiger partial charge in [-0.25, -0.2) is 4.98 Å². The van der Waals surface area contributed by atoms with Crippen molar-refractivity contribution < 1.29 is 4.42 Å². The highest BCUT2D eigenvalue weighted by Crippen LogP contribution is 2.19. The Kier molecular flexibility index (Phi) is 5.00. The number of guanidine groups is 1. The Labute approximate surface area is 120 Å². The highest BCUT2D eigenvalue weighted by atomic mass is 16.4. The molecule has 2 heterocycles. The summed E-state index contributed by atoms with van der Waals surface area (Å²) < 4.78 is 5.64. The van der Waals surface area contributed by atoms with E-state index in [1.54, 1.807) is 7.05 Å². The Morgan fingerprint density at radius 1 is 1.45 bits per heavy atom. The number of likely N-dealkylation sites (tertiary alicyclic amines) is 1. The van der Waals surface area contributed by atoms with Crippen LogP contribution in [0.25, 0.3) is 0 Å². The van der Waals surface area contributed by atoms with Gasteiger partial charge < -0.3 is 15.5 Å². The van der Waals surface area contributed by atoms with Gasteiger partial charge >= 0.3 is 0 Å². The first kappa shape index (κ1) is 14.8. The van der Waals surface area contributed by atoms with Crippen LogP contribution in [-0.2, 0) is 6.54 Å². The molecule has 0 radical (unpaired) electrons. The van der Waals surface area contributed by atoms with E-state index in [9.17, 15) is 0 Å². The highest BCUT2D eigenvalue weighted by Gasteiger charge is 2.20. The van der Waals surface area contributed by atoms with Gasteiger partial charge in [-0.3, -0.25) is 9.89 Å². The van der Waals surface area contributed by atoms with Crippen molar-refractivity contribution in [2.75, 3.05) is 26.7 Å². The standard InChI is InChI=1S/C14H25N5O/c1-10-11(2)20-13(18-10)9-19-6-4-12(5-7-19)8-17-14(15)16-3/h12H,4-9H2,1-3H3,(H3,15,16,17). The molecule has 1 aliphatic heterocycles. The molecule has 1 aromatic rings. The van der Waals surface area contributed by atoms with Crippen molar-refractivity contribution in [2.45, 2.75) is 33.2 Å². The van der Waals surface area contributed by atoms with E-state index in [-0.39, 0.29) is 0 Å². The Balaban J connectivity index is 1.74. The average Bonchev–Trinajstić information content (AvgIpc) is 2.76. The number of rotatable bonds is 4. The number of aryl methyl sites for hydroxylation is 2. The Bertz CT molecular complexity index is 441. The zero-order valence-corrected chi connectivity index (χ0v) is 12.6. The number of aliphatic imine (C=N–C) groups is 1. The SMILES string of the molecule is CN=C(N)NCC1CCN(Cc2nc(C)c(C)o2)CC1. The predicted molar refractivity (Wildman–Crippen MR) is 79.5 cm³/mol. The minimum absolute atomic E-state index is 0.526. The van der Waals surface area contributed by atoms with Gasteiger partial charge in [-0.1, -0.05) is 0 Å². The summed E-state index contributed by atoms with van der Waals surface area (Å²) in [4.78, 5) is 10.7. The lowest BCUT2D eigenvalue weighted by Gasteiger charge is -2.31. The maximum atomic E-state index is 5.64. The lowest BCUT2D eigenvalue weighted by atomic mass is 9.97. The molecular formula is C14H25N5O. The molecule has 3 N–H and O–H groups in total. The van der Waals surface area contributed by atoms with Crippen LogP contribution < -0.4 is 11.1 Å². The monoisotopic (exact) mass is 279 g/mol. The van der Waals surface area contributed by atoms with Gasteiger partial charge in [0.2, 0.25) is 5.89 Å². The van der Waals surface area contributed by atoms with Crippen LogP contribution in [0.5, 0.6) is 0 Å². The third kappa shape index (κ3) is 3.96. The number of hydrogen-bond acceptors (Lipinski definition) is 4. The maximum Gasteiger partial charge on any atom is 0.208 e. The van der Waals surface area contributed by atoms with E-state index in [1.807, 2.05) is 13.8 Å². The predicted octanol–water partition coefficient (Wildman–Crippen LogP) is 1.04. The third-order valence-electron chi connectivity index (χ3n) is 3.95. The van der Waals surface area contributed by atoms with Crippen molar-refractivity contribution >= 4 is 5.96 Å². The van der Waals surface area contributed by atoms with Crippen LogP contribution in [0.1, 0.15) is 30.2 Å². The van der Waals surface area contributed by atoms with Crippen LogP contribution in [0.3, 0.4) is 0 Å². The summed E-state index contributed by atoms with van der Waals surface area (Å²) in [5, 5.41) is 3.16. The second kappa shape index (κ2) is 6.74. The van der Waals surface area contributed by atoms with Gasteiger partial charge in [0.1, 0.15) is 5.76 Å². The fourth-order valence-corrected chi connectivity index (χ4v) is 2.47. The van der Waals surface area contributed by atoms with E-state index >= 15 is 0 Å². The quantitative estimate of drug-likeness (QED) is 0.636. The topological polar surface area (TPSA) is 79.7 Å². The first-order valence-electron chi connectivity index (χ1n) is 7.20. The molecule has 0 unspecified atom stereocenters. The normalized spacial score (nSPS) is 18.4. The minimum atomic E-state index is 0.526. The van der Waals surface area contributed by atoms with Gasteiger partial charge in [0, 0.05) is 13.6 Å². The fraction of sp³-hybridized carbons (Fsp3) is 0.714. The van der Waals surface area contributed by atoms with Gasteiger partial charge in [-0.15, -0.1) is 0 Å². The molecule has 0 amide bonds. The number of piperidine rings is 1. The van der Waals surface area contributed by atoms with Crippen molar-refractivity contribution in [1.82, 2.24) is 15.2 Å². The molecular weight excluding hydrogens is 254 g/mol. The summed E-state index contributed by atoms with van der Waals surface area (Å²) in [6.07, 6.45) is 2.34. The van der Waals surface area contributed by atoms with Gasteiger partial charge in [0.15, 0.2) is 5.96 Å². The second-order valence-electron chi connectivity index (χ2n) is 5.46. The number of nitrogens with one attached hydrogen (secondary N) is 1. The Morgan fingerprint density at radius 2 is 2.15 bits per heavy atom. The van der Waals surface area contributed by atoms with E-state index in [2.05, 4.69) is 20.2 Å². The molecule has 1 aromatic heterocycles. The molecule has 6 heteroatoms. The fourth-order valence-electron chi connectivity index (χ4n) is 2.47. The van der Waals surface area contributed by atoms with Gasteiger partial charge in [-0.2, -0.15) is 0 Å². The summed E-state index contributed by atoms with van der Waals surface area (Å²) in [6, 6.07) is 0. The summed E-state index contributed by atoms with van der Waals surface area (Å²) in [7, 11) is 1.70. The number of nitrogens with two attached hydrogens (primary N) is 1. The largest absolute Gasteiger partial charge is 0.444 e. The van der Waals surface area contributed by atoms with E-state index in [1.165, 1.54) is 12.8 Å². The van der Waals surface area contributed by atoms with Gasteiger partial charge in [0.05, 0.1) is 12.2 Å². The van der Waals surface area contributed by atoms with Crippen LogP contribution in [0.4, 0.5) is 0 Å². The molecule has 1 saturated heterocycles. The molecule has 0 saturated carbocycles. The molecule has 0 aromatic carbocycles. The molecule has 112 valence electrons. The lowest BCUT2D eigenvalue weighted by Crippen LogP contribution is -2.40. The Morgan fingerprint density at radius 3 is 2.70 bits per heavy atom. The highest BCUT2D eigenvalue weighted by molar-refractivity contribution is 5.77. The smallest absolute Gasteiger partial charge is 0.208 e. The first-order chi connectivity index (χ1) is 9.58. The van der Waals surface area contributed by atoms with Crippen molar-refractivity contribution in [3.05, 3.63) is 17.3 Å². The van der Waals surface area contributed by atoms with E-state index in [0.29, 0.717) is 11.9 Å².